The summed E-state index contributed by atoms with van der Waals surface area (Å²) in [5, 5.41) is 1.06. The van der Waals surface area contributed by atoms with Gasteiger partial charge in [-0.1, -0.05) is 36.4 Å². The summed E-state index contributed by atoms with van der Waals surface area (Å²) in [6.45, 7) is 3.56. The zero-order valence-electron chi connectivity index (χ0n) is 16.3. The first-order chi connectivity index (χ1) is 14.0. The summed E-state index contributed by atoms with van der Waals surface area (Å²) in [4.78, 5) is 41.4. The molecular weight excluding hydrogens is 368 g/mol. The van der Waals surface area contributed by atoms with Gasteiger partial charge >= 0.3 is 0 Å². The van der Waals surface area contributed by atoms with Crippen LogP contribution < -0.4 is 10.9 Å². The van der Waals surface area contributed by atoms with Crippen LogP contribution in [-0.4, -0.2) is 34.2 Å². The molecular formula is C22H22N4O3. The second-order valence-corrected chi connectivity index (χ2v) is 7.18. The van der Waals surface area contributed by atoms with Crippen molar-refractivity contribution in [3.8, 4) is 0 Å². The average Bonchev–Trinajstić information content (AvgIpc) is 3.18. The van der Waals surface area contributed by atoms with E-state index in [2.05, 4.69) is 15.8 Å². The smallest absolute Gasteiger partial charge is 0.255 e. The molecule has 0 aliphatic carbocycles. The Morgan fingerprint density at radius 1 is 1.07 bits per heavy atom. The van der Waals surface area contributed by atoms with Crippen molar-refractivity contribution >= 4 is 28.6 Å². The molecule has 0 radical (unpaired) electrons. The highest BCUT2D eigenvalue weighted by Crippen LogP contribution is 2.42. The molecule has 2 aromatic carbocycles. The molecule has 4 rings (SSSR count). The Morgan fingerprint density at radius 3 is 2.59 bits per heavy atom. The van der Waals surface area contributed by atoms with Crippen molar-refractivity contribution in [2.75, 3.05) is 6.54 Å². The van der Waals surface area contributed by atoms with Crippen molar-refractivity contribution in [1.82, 2.24) is 20.7 Å². The number of carbonyl (C=O) groups is 3. The third-order valence-corrected chi connectivity index (χ3v) is 5.23. The van der Waals surface area contributed by atoms with Gasteiger partial charge in [-0.3, -0.25) is 25.2 Å². The summed E-state index contributed by atoms with van der Waals surface area (Å²) in [5.41, 5.74) is 9.27. The van der Waals surface area contributed by atoms with Gasteiger partial charge in [0.2, 0.25) is 11.8 Å². The minimum Gasteiger partial charge on any atom is -0.358 e. The van der Waals surface area contributed by atoms with E-state index in [0.29, 0.717) is 5.56 Å². The number of rotatable bonds is 4. The molecule has 2 heterocycles. The van der Waals surface area contributed by atoms with Crippen LogP contribution in [0.2, 0.25) is 0 Å². The number of carbonyl (C=O) groups excluding carboxylic acids is 3. The number of aryl methyl sites for hydroxylation is 1. The molecule has 0 fully saturated rings. The molecule has 1 aromatic heterocycles. The molecule has 148 valence electrons. The Balaban J connectivity index is 1.70. The molecule has 1 atom stereocenters. The number of hydrogen-bond acceptors (Lipinski definition) is 3. The summed E-state index contributed by atoms with van der Waals surface area (Å²) in [5.74, 6) is -0.795. The molecule has 7 nitrogen and oxygen atoms in total. The molecule has 7 heteroatoms. The van der Waals surface area contributed by atoms with Gasteiger partial charge in [-0.05, 0) is 24.6 Å². The zero-order valence-corrected chi connectivity index (χ0v) is 16.3. The average molecular weight is 390 g/mol. The number of amides is 3. The number of nitrogens with zero attached hydrogens (tertiary/aromatic N) is 1. The van der Waals surface area contributed by atoms with E-state index in [0.717, 1.165) is 27.7 Å². The monoisotopic (exact) mass is 390 g/mol. The molecule has 0 bridgehead atoms. The van der Waals surface area contributed by atoms with Crippen LogP contribution in [0.25, 0.3) is 10.9 Å². The largest absolute Gasteiger partial charge is 0.358 e. The van der Waals surface area contributed by atoms with Crippen LogP contribution in [0.5, 0.6) is 0 Å². The van der Waals surface area contributed by atoms with E-state index in [-0.39, 0.29) is 36.7 Å². The summed E-state index contributed by atoms with van der Waals surface area (Å²) in [6, 6.07) is 15.3. The maximum atomic E-state index is 13.1. The number of para-hydroxylation sites is 1. The van der Waals surface area contributed by atoms with Crippen LogP contribution in [0.15, 0.2) is 48.5 Å². The van der Waals surface area contributed by atoms with Gasteiger partial charge in [0.25, 0.3) is 5.91 Å². The fraction of sp³-hybridized carbons (Fsp3) is 0.227. The van der Waals surface area contributed by atoms with Crippen molar-refractivity contribution in [3.05, 3.63) is 70.9 Å². The maximum absolute atomic E-state index is 13.1. The molecule has 0 saturated carbocycles. The number of hydrogen-bond donors (Lipinski definition) is 3. The number of aromatic nitrogens is 1. The van der Waals surface area contributed by atoms with Gasteiger partial charge in [-0.25, -0.2) is 0 Å². The SMILES string of the molecule is CC(=O)NNC(=O)CCN1C(=O)c2ccccc2C1c1c(C)[nH]c2ccccc12. The molecule has 1 unspecified atom stereocenters. The first-order valence-electron chi connectivity index (χ1n) is 9.50. The number of H-pyrrole nitrogens is 1. The fourth-order valence-corrected chi connectivity index (χ4v) is 4.00. The molecule has 1 aliphatic heterocycles. The number of benzene rings is 2. The fourth-order valence-electron chi connectivity index (χ4n) is 4.00. The Hall–Kier alpha value is -3.61. The Labute approximate surface area is 168 Å². The topological polar surface area (TPSA) is 94.3 Å². The van der Waals surface area contributed by atoms with E-state index in [1.54, 1.807) is 4.90 Å². The summed E-state index contributed by atoms with van der Waals surface area (Å²) in [6.07, 6.45) is 0.0813. The van der Waals surface area contributed by atoms with Gasteiger partial charge < -0.3 is 9.88 Å². The molecule has 29 heavy (non-hydrogen) atoms. The lowest BCUT2D eigenvalue weighted by atomic mass is 9.95. The van der Waals surface area contributed by atoms with Crippen LogP contribution in [-0.2, 0) is 9.59 Å². The summed E-state index contributed by atoms with van der Waals surface area (Å²) < 4.78 is 0. The highest BCUT2D eigenvalue weighted by atomic mass is 16.2. The molecule has 0 saturated heterocycles. The third kappa shape index (κ3) is 3.35. The zero-order chi connectivity index (χ0) is 20.5. The lowest BCUT2D eigenvalue weighted by Gasteiger charge is -2.26. The molecule has 0 spiro atoms. The standard InChI is InChI=1S/C22H22N4O3/c1-13-20(17-9-5-6-10-18(17)23-13)21-15-7-3-4-8-16(15)22(29)26(21)12-11-19(28)25-24-14(2)27/h3-10,21,23H,11-12H2,1-2H3,(H,24,27)(H,25,28). The van der Waals surface area contributed by atoms with Crippen molar-refractivity contribution < 1.29 is 14.4 Å². The lowest BCUT2D eigenvalue weighted by Crippen LogP contribution is -2.42. The second kappa shape index (κ2) is 7.43. The van der Waals surface area contributed by atoms with E-state index in [1.165, 1.54) is 6.92 Å². The minimum absolute atomic E-state index is 0.0813. The van der Waals surface area contributed by atoms with Crippen molar-refractivity contribution in [3.63, 3.8) is 0 Å². The van der Waals surface area contributed by atoms with Crippen molar-refractivity contribution in [2.24, 2.45) is 0 Å². The van der Waals surface area contributed by atoms with E-state index >= 15 is 0 Å². The Morgan fingerprint density at radius 2 is 1.79 bits per heavy atom. The Kier molecular flexibility index (Phi) is 4.80. The highest BCUT2D eigenvalue weighted by Gasteiger charge is 2.39. The van der Waals surface area contributed by atoms with Gasteiger partial charge in [-0.2, -0.15) is 0 Å². The first kappa shape index (κ1) is 18.7. The molecule has 3 amide bonds. The maximum Gasteiger partial charge on any atom is 0.255 e. The van der Waals surface area contributed by atoms with Gasteiger partial charge in [0.15, 0.2) is 0 Å². The predicted molar refractivity (Wildman–Crippen MR) is 109 cm³/mol. The van der Waals surface area contributed by atoms with E-state index in [9.17, 15) is 14.4 Å². The number of nitrogens with one attached hydrogen (secondary N) is 3. The van der Waals surface area contributed by atoms with Gasteiger partial charge in [0.1, 0.15) is 0 Å². The van der Waals surface area contributed by atoms with Crippen molar-refractivity contribution in [2.45, 2.75) is 26.3 Å². The van der Waals surface area contributed by atoms with Crippen LogP contribution in [0.4, 0.5) is 0 Å². The van der Waals surface area contributed by atoms with Gasteiger partial charge in [0, 0.05) is 47.6 Å². The molecule has 1 aliphatic rings. The predicted octanol–water partition coefficient (Wildman–Crippen LogP) is 2.58. The minimum atomic E-state index is -0.352. The summed E-state index contributed by atoms with van der Waals surface area (Å²) >= 11 is 0. The van der Waals surface area contributed by atoms with E-state index in [4.69, 9.17) is 0 Å². The Bertz CT molecular complexity index is 1120. The third-order valence-electron chi connectivity index (χ3n) is 5.23. The highest BCUT2D eigenvalue weighted by molar-refractivity contribution is 6.01. The van der Waals surface area contributed by atoms with Gasteiger partial charge in [0.05, 0.1) is 6.04 Å². The number of fused-ring (bicyclic) bond motifs is 2. The van der Waals surface area contributed by atoms with Crippen LogP contribution >= 0.6 is 0 Å². The molecule has 3 aromatic rings. The van der Waals surface area contributed by atoms with E-state index in [1.807, 2.05) is 55.5 Å². The quantitative estimate of drug-likeness (QED) is 0.598. The first-order valence-corrected chi connectivity index (χ1v) is 9.50. The lowest BCUT2D eigenvalue weighted by molar-refractivity contribution is -0.128. The normalized spacial score (nSPS) is 15.4. The van der Waals surface area contributed by atoms with Crippen molar-refractivity contribution in [1.29, 1.82) is 0 Å². The summed E-state index contributed by atoms with van der Waals surface area (Å²) in [7, 11) is 0. The molecule has 3 N–H and O–H groups in total. The number of hydrazine groups is 1. The van der Waals surface area contributed by atoms with E-state index < -0.39 is 0 Å². The van der Waals surface area contributed by atoms with Crippen LogP contribution in [0, 0.1) is 6.92 Å². The van der Waals surface area contributed by atoms with Crippen LogP contribution in [0.1, 0.15) is 46.6 Å². The number of aromatic amines is 1. The van der Waals surface area contributed by atoms with Crippen LogP contribution in [0.3, 0.4) is 0 Å². The van der Waals surface area contributed by atoms with Gasteiger partial charge in [-0.15, -0.1) is 0 Å². The second-order valence-electron chi connectivity index (χ2n) is 7.18.